The van der Waals surface area contributed by atoms with E-state index in [1.54, 1.807) is 17.5 Å². The molecule has 6 heteroatoms. The number of thiophene rings is 1. The number of rotatable bonds is 4. The third-order valence-corrected chi connectivity index (χ3v) is 4.47. The molecule has 18 heavy (non-hydrogen) atoms. The molecule has 0 spiro atoms. The molecule has 0 unspecified atom stereocenters. The van der Waals surface area contributed by atoms with Crippen molar-refractivity contribution in [1.82, 2.24) is 4.98 Å². The monoisotopic (exact) mass is 345 g/mol. The number of hydrogen-bond donors (Lipinski definition) is 1. The third-order valence-electron chi connectivity index (χ3n) is 2.57. The lowest BCUT2D eigenvalue weighted by atomic mass is 10.2. The summed E-state index contributed by atoms with van der Waals surface area (Å²) in [6, 6.07) is 4.05. The molecule has 0 amide bonds. The molecule has 0 atom stereocenters. The highest BCUT2D eigenvalue weighted by Crippen LogP contribution is 2.24. The van der Waals surface area contributed by atoms with Crippen LogP contribution in [0.15, 0.2) is 27.5 Å². The highest BCUT2D eigenvalue weighted by atomic mass is 79.9. The van der Waals surface area contributed by atoms with Crippen molar-refractivity contribution < 1.29 is 0 Å². The zero-order chi connectivity index (χ0) is 13.1. The Labute approximate surface area is 124 Å². The second kappa shape index (κ2) is 6.02. The first-order valence-electron chi connectivity index (χ1n) is 5.38. The summed E-state index contributed by atoms with van der Waals surface area (Å²) >= 11 is 11.1. The lowest BCUT2D eigenvalue weighted by molar-refractivity contribution is 0.895. The summed E-state index contributed by atoms with van der Waals surface area (Å²) in [6.07, 6.45) is 1.65. The Morgan fingerprint density at radius 2 is 2.28 bits per heavy atom. The van der Waals surface area contributed by atoms with Gasteiger partial charge in [0.05, 0.1) is 8.81 Å². The van der Waals surface area contributed by atoms with Crippen LogP contribution in [0, 0.1) is 0 Å². The van der Waals surface area contributed by atoms with Gasteiger partial charge in [0.25, 0.3) is 0 Å². The van der Waals surface area contributed by atoms with Gasteiger partial charge in [0.2, 0.25) is 0 Å². The van der Waals surface area contributed by atoms with Crippen molar-refractivity contribution in [2.75, 3.05) is 11.9 Å². The van der Waals surface area contributed by atoms with Gasteiger partial charge in [-0.3, -0.25) is 0 Å². The quantitative estimate of drug-likeness (QED) is 0.918. The Morgan fingerprint density at radius 3 is 2.89 bits per heavy atom. The first-order valence-corrected chi connectivity index (χ1v) is 7.43. The molecule has 0 aliphatic carbocycles. The molecule has 0 aromatic carbocycles. The molecule has 2 heterocycles. The van der Waals surface area contributed by atoms with Crippen LogP contribution >= 0.6 is 38.9 Å². The maximum absolute atomic E-state index is 6.00. The summed E-state index contributed by atoms with van der Waals surface area (Å²) in [5.74, 6) is 0.877. The van der Waals surface area contributed by atoms with Gasteiger partial charge in [-0.05, 0) is 44.6 Å². The molecular weight excluding hydrogens is 334 g/mol. The smallest absolute Gasteiger partial charge is 0.128 e. The molecule has 2 aromatic rings. The van der Waals surface area contributed by atoms with E-state index in [0.29, 0.717) is 11.6 Å². The van der Waals surface area contributed by atoms with E-state index in [-0.39, 0.29) is 0 Å². The van der Waals surface area contributed by atoms with Gasteiger partial charge in [-0.2, -0.15) is 0 Å². The Morgan fingerprint density at radius 1 is 1.50 bits per heavy atom. The van der Waals surface area contributed by atoms with Crippen LogP contribution in [0.2, 0.25) is 5.02 Å². The van der Waals surface area contributed by atoms with E-state index in [4.69, 9.17) is 17.3 Å². The fraction of sp³-hybridized carbons (Fsp3) is 0.250. The highest BCUT2D eigenvalue weighted by Gasteiger charge is 2.08. The summed E-state index contributed by atoms with van der Waals surface area (Å²) in [5.41, 5.74) is 7.81. The molecule has 0 bridgehead atoms. The summed E-state index contributed by atoms with van der Waals surface area (Å²) < 4.78 is 1.14. The molecule has 0 saturated heterocycles. The second-order valence-corrected chi connectivity index (χ2v) is 6.65. The van der Waals surface area contributed by atoms with Gasteiger partial charge in [-0.15, -0.1) is 11.3 Å². The second-order valence-electron chi connectivity index (χ2n) is 3.95. The standard InChI is InChI=1S/C12H13BrClN3S/c1-17(6-8-2-11(13)18-7-8)12-3-9(4-15)10(14)5-16-12/h2-3,5,7H,4,6,15H2,1H3. The Hall–Kier alpha value is -0.620. The fourth-order valence-electron chi connectivity index (χ4n) is 1.62. The van der Waals surface area contributed by atoms with Crippen molar-refractivity contribution >= 4 is 44.7 Å². The van der Waals surface area contributed by atoms with E-state index < -0.39 is 0 Å². The Bertz CT molecular complexity index is 544. The van der Waals surface area contributed by atoms with Gasteiger partial charge in [-0.1, -0.05) is 11.6 Å². The van der Waals surface area contributed by atoms with Crippen LogP contribution < -0.4 is 10.6 Å². The molecule has 3 nitrogen and oxygen atoms in total. The summed E-state index contributed by atoms with van der Waals surface area (Å²) in [4.78, 5) is 6.39. The van der Waals surface area contributed by atoms with Crippen LogP contribution in [0.1, 0.15) is 11.1 Å². The van der Waals surface area contributed by atoms with E-state index in [1.165, 1.54) is 5.56 Å². The van der Waals surface area contributed by atoms with Crippen LogP contribution in [0.3, 0.4) is 0 Å². The lowest BCUT2D eigenvalue weighted by Crippen LogP contribution is -2.17. The fourth-order valence-corrected chi connectivity index (χ4v) is 3.00. The van der Waals surface area contributed by atoms with E-state index in [2.05, 4.69) is 37.3 Å². The average molecular weight is 347 g/mol. The molecule has 0 fully saturated rings. The minimum absolute atomic E-state index is 0.423. The van der Waals surface area contributed by atoms with Crippen LogP contribution in [0.5, 0.6) is 0 Å². The number of pyridine rings is 1. The number of nitrogens with two attached hydrogens (primary N) is 1. The van der Waals surface area contributed by atoms with Gasteiger partial charge in [0.1, 0.15) is 5.82 Å². The normalized spacial score (nSPS) is 10.7. The zero-order valence-corrected chi connectivity index (χ0v) is 13.0. The van der Waals surface area contributed by atoms with Crippen molar-refractivity contribution in [2.24, 2.45) is 5.73 Å². The third kappa shape index (κ3) is 3.23. The molecule has 0 radical (unpaired) electrons. The van der Waals surface area contributed by atoms with Gasteiger partial charge >= 0.3 is 0 Å². The van der Waals surface area contributed by atoms with Gasteiger partial charge in [0, 0.05) is 26.3 Å². The van der Waals surface area contributed by atoms with E-state index in [9.17, 15) is 0 Å². The van der Waals surface area contributed by atoms with Crippen LogP contribution in [0.25, 0.3) is 0 Å². The topological polar surface area (TPSA) is 42.1 Å². The number of aromatic nitrogens is 1. The number of hydrogen-bond acceptors (Lipinski definition) is 4. The largest absolute Gasteiger partial charge is 0.355 e. The van der Waals surface area contributed by atoms with Crippen molar-refractivity contribution in [3.8, 4) is 0 Å². The predicted octanol–water partition coefficient (Wildman–Crippen LogP) is 3.65. The maximum atomic E-state index is 6.00. The Kier molecular flexibility index (Phi) is 4.61. The molecule has 0 aliphatic heterocycles. The van der Waals surface area contributed by atoms with Crippen molar-refractivity contribution in [3.63, 3.8) is 0 Å². The van der Waals surface area contributed by atoms with E-state index in [1.807, 2.05) is 13.1 Å². The van der Waals surface area contributed by atoms with E-state index in [0.717, 1.165) is 21.7 Å². The molecule has 0 aliphatic rings. The van der Waals surface area contributed by atoms with Crippen LogP contribution in [-0.2, 0) is 13.1 Å². The molecule has 96 valence electrons. The SMILES string of the molecule is CN(Cc1csc(Br)c1)c1cc(CN)c(Cl)cn1. The zero-order valence-electron chi connectivity index (χ0n) is 9.86. The van der Waals surface area contributed by atoms with Gasteiger partial charge in [0.15, 0.2) is 0 Å². The minimum Gasteiger partial charge on any atom is -0.355 e. The highest BCUT2D eigenvalue weighted by molar-refractivity contribution is 9.11. The summed E-state index contributed by atoms with van der Waals surface area (Å²) in [5, 5.41) is 2.74. The van der Waals surface area contributed by atoms with Crippen molar-refractivity contribution in [3.05, 3.63) is 43.6 Å². The summed E-state index contributed by atoms with van der Waals surface area (Å²) in [6.45, 7) is 1.23. The van der Waals surface area contributed by atoms with Crippen LogP contribution in [-0.4, -0.2) is 12.0 Å². The number of halogens is 2. The van der Waals surface area contributed by atoms with Crippen molar-refractivity contribution in [2.45, 2.75) is 13.1 Å². The summed E-state index contributed by atoms with van der Waals surface area (Å²) in [7, 11) is 2.00. The molecular formula is C12H13BrClN3S. The van der Waals surface area contributed by atoms with Gasteiger partial charge < -0.3 is 10.6 Å². The number of anilines is 1. The van der Waals surface area contributed by atoms with Crippen LogP contribution in [0.4, 0.5) is 5.82 Å². The van der Waals surface area contributed by atoms with Gasteiger partial charge in [-0.25, -0.2) is 4.98 Å². The number of nitrogens with zero attached hydrogens (tertiary/aromatic N) is 2. The first kappa shape index (κ1) is 13.8. The molecule has 0 saturated carbocycles. The average Bonchev–Trinajstić information content (AvgIpc) is 2.75. The first-order chi connectivity index (χ1) is 8.60. The van der Waals surface area contributed by atoms with Crippen molar-refractivity contribution in [1.29, 1.82) is 0 Å². The predicted molar refractivity (Wildman–Crippen MR) is 81.3 cm³/mol. The van der Waals surface area contributed by atoms with E-state index >= 15 is 0 Å². The molecule has 2 aromatic heterocycles. The Balaban J connectivity index is 2.15. The lowest BCUT2D eigenvalue weighted by Gasteiger charge is -2.18. The minimum atomic E-state index is 0.423. The maximum Gasteiger partial charge on any atom is 0.128 e. The molecule has 2 rings (SSSR count). The molecule has 2 N–H and O–H groups in total.